The summed E-state index contributed by atoms with van der Waals surface area (Å²) < 4.78 is 29.4. The summed E-state index contributed by atoms with van der Waals surface area (Å²) in [5.41, 5.74) is 4.29. The van der Waals surface area contributed by atoms with Crippen molar-refractivity contribution in [1.82, 2.24) is 37.2 Å². The maximum atomic E-state index is 13.8. The van der Waals surface area contributed by atoms with Crippen LogP contribution in [0, 0.1) is 0 Å². The third-order valence-electron chi connectivity index (χ3n) is 17.3. The molecular formula is C75H95N7O24S4. The summed E-state index contributed by atoms with van der Waals surface area (Å²) in [6, 6.07) is 33.7. The topological polar surface area (TPSA) is 483 Å². The van der Waals surface area contributed by atoms with Crippen LogP contribution in [-0.2, 0) is 47.7 Å². The number of carbonyl (C=O) groups excluding carboxylic acids is 7. The van der Waals surface area contributed by atoms with E-state index in [1.54, 1.807) is 48.5 Å². The molecule has 0 bridgehead atoms. The van der Waals surface area contributed by atoms with Crippen LogP contribution in [0.2, 0.25) is 0 Å². The van der Waals surface area contributed by atoms with Gasteiger partial charge in [-0.2, -0.15) is 23.5 Å². The molecule has 7 rings (SSSR count). The van der Waals surface area contributed by atoms with Gasteiger partial charge >= 0.3 is 17.9 Å². The Kier molecular flexibility index (Phi) is 36.5. The Morgan fingerprint density at radius 2 is 0.891 bits per heavy atom. The molecule has 598 valence electrons. The molecule has 110 heavy (non-hydrogen) atoms. The number of carbonyl (C=O) groups is 10. The predicted octanol–water partition coefficient (Wildman–Crippen LogP) is 3.07. The van der Waals surface area contributed by atoms with Gasteiger partial charge in [-0.1, -0.05) is 107 Å². The molecule has 5 aromatic rings. The summed E-state index contributed by atoms with van der Waals surface area (Å²) >= 11 is 2.74. The maximum Gasteiger partial charge on any atom is 0.364 e. The molecule has 2 saturated heterocycles. The lowest BCUT2D eigenvalue weighted by Crippen LogP contribution is -2.68. The minimum Gasteiger partial charge on any atom is -0.493 e. The Morgan fingerprint density at radius 3 is 1.33 bits per heavy atom. The standard InChI is InChI=1S/C75H95N7O24S4/c1-45(83)81-62-55(85)41-74(72(98)99,105-66(62)64(92)57(87)43-79-68(94)51-20-16-49(17-21-51)47-12-5-3-6-13-47)103-32-10-34-107-38-29-77-70(96)53-24-25-54(59(40-53)102-31-9-28-76-60(89)26-36-109-110-37-27-61(90)91)71(97)78-30-39-108-35-11-33-104-75(73(100)101)42-56(86)63(82-46(2)84)67(106-75)65(93)58(88)44-80-69(95)52-22-18-50(19-23-52)48-14-7-4-8-15-48/h3-8,12-25,40,55-58,62-67,85-88,92-93H,9-11,26-39,41-44H2,1-2H3,(H,76,89)(H,77,96)(H,78,97)(H,79,94)(H,80,95)(H,81,83)(H,82,84)(H,90,91)(H,98,99)(H,100,101)/t55-,56-,57+,58+,62+,63+,64?,65?,66+,67+,74+,75+/m0/s1. The smallest absolute Gasteiger partial charge is 0.364 e. The van der Waals surface area contributed by atoms with E-state index in [0.717, 1.165) is 36.1 Å². The highest BCUT2D eigenvalue weighted by Crippen LogP contribution is 2.36. The zero-order chi connectivity index (χ0) is 79.8. The van der Waals surface area contributed by atoms with Gasteiger partial charge < -0.3 is 107 Å². The van der Waals surface area contributed by atoms with Crippen molar-refractivity contribution in [2.45, 2.75) is 131 Å². The molecule has 0 aliphatic carbocycles. The van der Waals surface area contributed by atoms with Crippen LogP contribution < -0.4 is 42.0 Å². The molecule has 2 aliphatic rings. The van der Waals surface area contributed by atoms with E-state index in [-0.39, 0.29) is 99.0 Å². The average molecular weight is 1610 g/mol. The zero-order valence-corrected chi connectivity index (χ0v) is 63.8. The van der Waals surface area contributed by atoms with Crippen molar-refractivity contribution in [1.29, 1.82) is 0 Å². The average Bonchev–Trinajstić information content (AvgIpc) is 0.773. The monoisotopic (exact) mass is 1610 g/mol. The minimum absolute atomic E-state index is 0.00108. The van der Waals surface area contributed by atoms with Gasteiger partial charge in [0.1, 0.15) is 30.2 Å². The maximum absolute atomic E-state index is 13.8. The van der Waals surface area contributed by atoms with E-state index >= 15 is 0 Å². The molecule has 2 heterocycles. The van der Waals surface area contributed by atoms with Gasteiger partial charge in [0.15, 0.2) is 0 Å². The van der Waals surface area contributed by atoms with Gasteiger partial charge in [0.05, 0.1) is 68.3 Å². The van der Waals surface area contributed by atoms with E-state index in [2.05, 4.69) is 37.2 Å². The molecule has 2 fully saturated rings. The summed E-state index contributed by atoms with van der Waals surface area (Å²) in [6.45, 7) is 1.23. The first-order chi connectivity index (χ1) is 52.7. The van der Waals surface area contributed by atoms with Crippen molar-refractivity contribution < 1.29 is 118 Å². The van der Waals surface area contributed by atoms with E-state index in [1.165, 1.54) is 63.3 Å². The lowest BCUT2D eigenvalue weighted by Gasteiger charge is -2.46. The van der Waals surface area contributed by atoms with Crippen molar-refractivity contribution in [3.63, 3.8) is 0 Å². The van der Waals surface area contributed by atoms with Crippen molar-refractivity contribution in [2.75, 3.05) is 87.1 Å². The number of amides is 7. The lowest BCUT2D eigenvalue weighted by molar-refractivity contribution is -0.310. The number of hydrogen-bond donors (Lipinski definition) is 16. The molecule has 0 radical (unpaired) electrons. The first-order valence-corrected chi connectivity index (χ1v) is 40.3. The second kappa shape index (κ2) is 45.2. The van der Waals surface area contributed by atoms with E-state index < -0.39 is 152 Å². The molecule has 0 aromatic heterocycles. The SMILES string of the molecule is CC(=O)N[C@@H]1[C@@H](O)C[C@](OCCCSCCNC(=O)c2ccc(C(=O)NCCSCCCO[C@]3(C(=O)O)C[C@H](O)[C@@H](NC(C)=O)[C@H](C(O)[C@H](O)CNC(=O)c4ccc(-c5ccccc5)cc4)O3)c(OCCCNC(=O)CCSSCCC(=O)O)c2)(C(=O)O)O[C@H]1C(O)[C@H](O)CNC(=O)c1ccc(-c2ccccc2)cc1. The van der Waals surface area contributed by atoms with Crippen molar-refractivity contribution in [2.24, 2.45) is 0 Å². The summed E-state index contributed by atoms with van der Waals surface area (Å²) in [4.78, 5) is 127. The number of nitrogens with one attached hydrogen (secondary N) is 7. The summed E-state index contributed by atoms with van der Waals surface area (Å²) in [5.74, 6) is -10.7. The number of aliphatic hydroxyl groups is 6. The fourth-order valence-electron chi connectivity index (χ4n) is 11.7. The largest absolute Gasteiger partial charge is 0.493 e. The molecule has 2 unspecified atom stereocenters. The Hall–Kier alpha value is -8.40. The van der Waals surface area contributed by atoms with Crippen molar-refractivity contribution in [3.05, 3.63) is 150 Å². The number of aliphatic carboxylic acids is 3. The number of hydrogen-bond acceptors (Lipinski definition) is 25. The van der Waals surface area contributed by atoms with Crippen molar-refractivity contribution in [3.8, 4) is 28.0 Å². The summed E-state index contributed by atoms with van der Waals surface area (Å²) in [7, 11) is 2.74. The van der Waals surface area contributed by atoms with Crippen molar-refractivity contribution >= 4 is 104 Å². The molecule has 35 heteroatoms. The fraction of sp³-hybridized carbons (Fsp3) is 0.467. The van der Waals surface area contributed by atoms with E-state index in [1.807, 2.05) is 60.7 Å². The number of ether oxygens (including phenoxy) is 5. The van der Waals surface area contributed by atoms with Crippen LogP contribution in [0.1, 0.15) is 100 Å². The van der Waals surface area contributed by atoms with Crippen LogP contribution in [0.5, 0.6) is 5.75 Å². The van der Waals surface area contributed by atoms with E-state index in [0.29, 0.717) is 40.9 Å². The lowest BCUT2D eigenvalue weighted by atomic mass is 9.88. The van der Waals surface area contributed by atoms with Gasteiger partial charge in [-0.05, 0) is 95.5 Å². The molecule has 31 nitrogen and oxygen atoms in total. The second-order valence-electron chi connectivity index (χ2n) is 25.6. The molecule has 12 atom stereocenters. The Labute approximate surface area is 651 Å². The van der Waals surface area contributed by atoms with Gasteiger partial charge in [-0.3, -0.25) is 38.4 Å². The molecule has 0 spiro atoms. The third kappa shape index (κ3) is 27.5. The summed E-state index contributed by atoms with van der Waals surface area (Å²) in [5, 5.41) is 116. The number of aliphatic hydroxyl groups excluding tert-OH is 6. The first-order valence-electron chi connectivity index (χ1n) is 35.5. The van der Waals surface area contributed by atoms with E-state index in [9.17, 15) is 88.8 Å². The van der Waals surface area contributed by atoms with Crippen LogP contribution in [-0.4, -0.2) is 265 Å². The van der Waals surface area contributed by atoms with Gasteiger partial charge in [-0.25, -0.2) is 9.59 Å². The normalized spacial score (nSPS) is 20.6. The van der Waals surface area contributed by atoms with Gasteiger partial charge in [-0.15, -0.1) is 0 Å². The molecular weight excluding hydrogens is 1510 g/mol. The van der Waals surface area contributed by atoms with E-state index in [4.69, 9.17) is 28.8 Å². The predicted molar refractivity (Wildman–Crippen MR) is 411 cm³/mol. The number of carboxylic acids is 3. The van der Waals surface area contributed by atoms with Crippen LogP contribution >= 0.6 is 45.1 Å². The highest BCUT2D eigenvalue weighted by atomic mass is 33.1. The van der Waals surface area contributed by atoms with Gasteiger partial charge in [0.25, 0.3) is 35.2 Å². The second-order valence-corrected chi connectivity index (χ2v) is 30.8. The third-order valence-corrected chi connectivity index (χ3v) is 21.9. The zero-order valence-electron chi connectivity index (χ0n) is 60.5. The highest BCUT2D eigenvalue weighted by molar-refractivity contribution is 8.76. The molecule has 2 aliphatic heterocycles. The first kappa shape index (κ1) is 88.8. The molecule has 16 N–H and O–H groups in total. The van der Waals surface area contributed by atoms with Gasteiger partial charge in [0.2, 0.25) is 17.7 Å². The molecule has 7 amide bonds. The number of benzene rings is 5. The Balaban J connectivity index is 0.869. The Morgan fingerprint density at radius 1 is 0.473 bits per heavy atom. The minimum atomic E-state index is -2.55. The Bertz CT molecular complexity index is 3840. The molecule has 0 saturated carbocycles. The quantitative estimate of drug-likeness (QED) is 0.0197. The van der Waals surface area contributed by atoms with Crippen LogP contribution in [0.4, 0.5) is 0 Å². The van der Waals surface area contributed by atoms with Gasteiger partial charge in [0, 0.05) is 106 Å². The van der Waals surface area contributed by atoms with Crippen LogP contribution in [0.25, 0.3) is 22.3 Å². The molecule has 5 aromatic carbocycles. The fourth-order valence-corrected chi connectivity index (χ4v) is 15.2. The summed E-state index contributed by atoms with van der Waals surface area (Å²) in [6.07, 6.45) is -14.7. The number of carboxylic acid groups (broad SMARTS) is 3. The van der Waals surface area contributed by atoms with Crippen LogP contribution in [0.3, 0.4) is 0 Å². The highest BCUT2D eigenvalue weighted by Gasteiger charge is 2.57. The van der Waals surface area contributed by atoms with Crippen LogP contribution in [0.15, 0.2) is 127 Å². The number of rotatable bonds is 46. The number of thioether (sulfide) groups is 2.